The quantitative estimate of drug-likeness (QED) is 0.863. The maximum Gasteiger partial charge on any atom is 0.251 e. The predicted molar refractivity (Wildman–Crippen MR) is 66.6 cm³/mol. The minimum Gasteiger partial charge on any atom is -0.377 e. The third kappa shape index (κ3) is 2.86. The van der Waals surface area contributed by atoms with Crippen LogP contribution in [0.25, 0.3) is 0 Å². The highest BCUT2D eigenvalue weighted by molar-refractivity contribution is 5.94. The second kappa shape index (κ2) is 5.46. The summed E-state index contributed by atoms with van der Waals surface area (Å²) in [4.78, 5) is 16.4. The molecule has 5 nitrogen and oxygen atoms in total. The van der Waals surface area contributed by atoms with Crippen LogP contribution in [0.15, 0.2) is 12.1 Å². The number of aromatic nitrogens is 1. The molecule has 0 aromatic carbocycles. The van der Waals surface area contributed by atoms with E-state index in [1.54, 1.807) is 19.2 Å². The highest BCUT2D eigenvalue weighted by atomic mass is 16.5. The summed E-state index contributed by atoms with van der Waals surface area (Å²) in [5.74, 6) is -0.110. The first-order valence-corrected chi connectivity index (χ1v) is 5.97. The van der Waals surface area contributed by atoms with Crippen molar-refractivity contribution in [3.63, 3.8) is 0 Å². The first-order valence-electron chi connectivity index (χ1n) is 5.97. The number of methoxy groups -OCH3 is 1. The zero-order valence-electron chi connectivity index (χ0n) is 10.9. The Morgan fingerprint density at radius 2 is 2.06 bits per heavy atom. The first-order chi connectivity index (χ1) is 8.60. The van der Waals surface area contributed by atoms with Crippen LogP contribution in [0.1, 0.15) is 21.7 Å². The number of nitrogens with zero attached hydrogens (tertiary/aromatic N) is 1. The molecule has 1 aromatic heterocycles. The summed E-state index contributed by atoms with van der Waals surface area (Å²) < 4.78 is 10.5. The summed E-state index contributed by atoms with van der Waals surface area (Å²) in [6.07, 6.45) is -0.0713. The standard InChI is InChI=1S/C13H18N2O3/c1-8-4-10(5-9(2)14-8)13(16)15-11-6-18-7-12(11)17-3/h4-5,11-12H,6-7H2,1-3H3,(H,15,16)/t11-,12-/m0/s1. The number of carbonyl (C=O) groups is 1. The molecule has 1 aliphatic heterocycles. The number of ether oxygens (including phenoxy) is 2. The van der Waals surface area contributed by atoms with Crippen molar-refractivity contribution in [2.75, 3.05) is 20.3 Å². The molecule has 0 spiro atoms. The van der Waals surface area contributed by atoms with E-state index in [2.05, 4.69) is 10.3 Å². The topological polar surface area (TPSA) is 60.5 Å². The van der Waals surface area contributed by atoms with Gasteiger partial charge in [0.25, 0.3) is 5.91 Å². The van der Waals surface area contributed by atoms with E-state index in [4.69, 9.17) is 9.47 Å². The van der Waals surface area contributed by atoms with Gasteiger partial charge in [-0.05, 0) is 26.0 Å². The predicted octanol–water partition coefficient (Wildman–Crippen LogP) is 0.842. The second-order valence-corrected chi connectivity index (χ2v) is 4.53. The Hall–Kier alpha value is -1.46. The fourth-order valence-corrected chi connectivity index (χ4v) is 2.12. The molecule has 2 rings (SSSR count). The van der Waals surface area contributed by atoms with Crippen molar-refractivity contribution in [2.24, 2.45) is 0 Å². The SMILES string of the molecule is CO[C@H]1COC[C@@H]1NC(=O)c1cc(C)nc(C)c1. The molecule has 2 heterocycles. The normalized spacial score (nSPS) is 23.1. The Morgan fingerprint density at radius 1 is 1.39 bits per heavy atom. The number of hydrogen-bond donors (Lipinski definition) is 1. The van der Waals surface area contributed by atoms with Gasteiger partial charge in [-0.25, -0.2) is 0 Å². The molecule has 0 bridgehead atoms. The average molecular weight is 250 g/mol. The third-order valence-electron chi connectivity index (χ3n) is 2.99. The first kappa shape index (κ1) is 13.0. The maximum absolute atomic E-state index is 12.1. The van der Waals surface area contributed by atoms with E-state index in [1.807, 2.05) is 13.8 Å². The largest absolute Gasteiger partial charge is 0.377 e. The monoisotopic (exact) mass is 250 g/mol. The van der Waals surface area contributed by atoms with Gasteiger partial charge in [0.15, 0.2) is 0 Å². The number of pyridine rings is 1. The molecule has 0 radical (unpaired) electrons. The lowest BCUT2D eigenvalue weighted by Gasteiger charge is -2.17. The van der Waals surface area contributed by atoms with Crippen molar-refractivity contribution in [1.29, 1.82) is 0 Å². The van der Waals surface area contributed by atoms with Gasteiger partial charge >= 0.3 is 0 Å². The van der Waals surface area contributed by atoms with E-state index in [-0.39, 0.29) is 18.1 Å². The highest BCUT2D eigenvalue weighted by Gasteiger charge is 2.29. The van der Waals surface area contributed by atoms with Crippen molar-refractivity contribution in [3.05, 3.63) is 29.1 Å². The lowest BCUT2D eigenvalue weighted by molar-refractivity contribution is 0.0685. The second-order valence-electron chi connectivity index (χ2n) is 4.53. The molecule has 1 fully saturated rings. The molecule has 0 saturated carbocycles. The summed E-state index contributed by atoms with van der Waals surface area (Å²) in [6, 6.07) is 3.47. The van der Waals surface area contributed by atoms with Crippen molar-refractivity contribution >= 4 is 5.91 Å². The van der Waals surface area contributed by atoms with Crippen LogP contribution in [-0.4, -0.2) is 43.4 Å². The summed E-state index contributed by atoms with van der Waals surface area (Å²) in [7, 11) is 1.62. The maximum atomic E-state index is 12.1. The van der Waals surface area contributed by atoms with Crippen molar-refractivity contribution in [2.45, 2.75) is 26.0 Å². The smallest absolute Gasteiger partial charge is 0.251 e. The van der Waals surface area contributed by atoms with Crippen LogP contribution in [-0.2, 0) is 9.47 Å². The van der Waals surface area contributed by atoms with Crippen molar-refractivity contribution in [1.82, 2.24) is 10.3 Å². The zero-order valence-corrected chi connectivity index (χ0v) is 10.9. The number of amides is 1. The molecule has 1 amide bonds. The van der Waals surface area contributed by atoms with E-state index < -0.39 is 0 Å². The van der Waals surface area contributed by atoms with E-state index in [1.165, 1.54) is 0 Å². The van der Waals surface area contributed by atoms with Crippen molar-refractivity contribution < 1.29 is 14.3 Å². The van der Waals surface area contributed by atoms with Gasteiger partial charge < -0.3 is 14.8 Å². The Bertz CT molecular complexity index is 428. The molecular weight excluding hydrogens is 232 g/mol. The zero-order chi connectivity index (χ0) is 13.1. The van der Waals surface area contributed by atoms with Crippen LogP contribution in [0.3, 0.4) is 0 Å². The van der Waals surface area contributed by atoms with Crippen molar-refractivity contribution in [3.8, 4) is 0 Å². The molecular formula is C13H18N2O3. The van der Waals surface area contributed by atoms with Crippen LogP contribution in [0.5, 0.6) is 0 Å². The van der Waals surface area contributed by atoms with Gasteiger partial charge in [-0.2, -0.15) is 0 Å². The van der Waals surface area contributed by atoms with Crippen LogP contribution in [0.2, 0.25) is 0 Å². The molecule has 2 atom stereocenters. The van der Waals surface area contributed by atoms with Crippen LogP contribution in [0.4, 0.5) is 0 Å². The number of nitrogens with one attached hydrogen (secondary N) is 1. The van der Waals surface area contributed by atoms with Crippen LogP contribution >= 0.6 is 0 Å². The lowest BCUT2D eigenvalue weighted by Crippen LogP contribution is -2.43. The van der Waals surface area contributed by atoms with Gasteiger partial charge in [0.05, 0.1) is 19.3 Å². The summed E-state index contributed by atoms with van der Waals surface area (Å²) in [5.41, 5.74) is 2.30. The highest BCUT2D eigenvalue weighted by Crippen LogP contribution is 2.11. The number of rotatable bonds is 3. The van der Waals surface area contributed by atoms with E-state index >= 15 is 0 Å². The van der Waals surface area contributed by atoms with Gasteiger partial charge in [0.1, 0.15) is 6.10 Å². The molecule has 1 saturated heterocycles. The number of hydrogen-bond acceptors (Lipinski definition) is 4. The van der Waals surface area contributed by atoms with Gasteiger partial charge in [0, 0.05) is 24.1 Å². The Balaban J connectivity index is 2.07. The summed E-state index contributed by atoms with van der Waals surface area (Å²) >= 11 is 0. The Labute approximate surface area is 107 Å². The Kier molecular flexibility index (Phi) is 3.93. The average Bonchev–Trinajstić information content (AvgIpc) is 2.75. The summed E-state index contributed by atoms with van der Waals surface area (Å²) in [5, 5.41) is 2.93. The third-order valence-corrected chi connectivity index (χ3v) is 2.99. The van der Waals surface area contributed by atoms with E-state index in [9.17, 15) is 4.79 Å². The molecule has 5 heteroatoms. The van der Waals surface area contributed by atoms with Gasteiger partial charge in [-0.3, -0.25) is 9.78 Å². The molecule has 0 unspecified atom stereocenters. The Morgan fingerprint density at radius 3 is 2.67 bits per heavy atom. The molecule has 98 valence electrons. The lowest BCUT2D eigenvalue weighted by atomic mass is 10.1. The molecule has 18 heavy (non-hydrogen) atoms. The number of aryl methyl sites for hydroxylation is 2. The van der Waals surface area contributed by atoms with Gasteiger partial charge in [-0.1, -0.05) is 0 Å². The summed E-state index contributed by atoms with van der Waals surface area (Å²) in [6.45, 7) is 4.77. The molecule has 1 N–H and O–H groups in total. The van der Waals surface area contributed by atoms with Gasteiger partial charge in [-0.15, -0.1) is 0 Å². The minimum atomic E-state index is -0.110. The number of carbonyl (C=O) groups excluding carboxylic acids is 1. The molecule has 1 aliphatic rings. The fourth-order valence-electron chi connectivity index (χ4n) is 2.12. The molecule has 1 aromatic rings. The van der Waals surface area contributed by atoms with Crippen LogP contribution in [0, 0.1) is 13.8 Å². The molecule has 0 aliphatic carbocycles. The van der Waals surface area contributed by atoms with E-state index in [0.29, 0.717) is 18.8 Å². The van der Waals surface area contributed by atoms with E-state index in [0.717, 1.165) is 11.4 Å². The van der Waals surface area contributed by atoms with Crippen LogP contribution < -0.4 is 5.32 Å². The fraction of sp³-hybridized carbons (Fsp3) is 0.538. The minimum absolute atomic E-state index is 0.0713. The van der Waals surface area contributed by atoms with Gasteiger partial charge in [0.2, 0.25) is 0 Å².